The Morgan fingerprint density at radius 1 is 1.15 bits per heavy atom. The van der Waals surface area contributed by atoms with Crippen molar-refractivity contribution in [3.05, 3.63) is 70.5 Å². The van der Waals surface area contributed by atoms with Crippen molar-refractivity contribution in [3.63, 3.8) is 0 Å². The van der Waals surface area contributed by atoms with Gasteiger partial charge in [-0.05, 0) is 42.8 Å². The van der Waals surface area contributed by atoms with Crippen LogP contribution in [-0.4, -0.2) is 11.6 Å². The Kier molecular flexibility index (Phi) is 4.48. The molecule has 0 saturated carbocycles. The number of rotatable bonds is 3. The highest BCUT2D eigenvalue weighted by Crippen LogP contribution is 2.10. The van der Waals surface area contributed by atoms with Gasteiger partial charge in [-0.1, -0.05) is 29.8 Å². The highest BCUT2D eigenvalue weighted by Gasteiger charge is 2.05. The fourth-order valence-corrected chi connectivity index (χ4v) is 1.77. The lowest BCUT2D eigenvalue weighted by atomic mass is 10.1. The first-order chi connectivity index (χ1) is 9.56. The van der Waals surface area contributed by atoms with E-state index in [9.17, 15) is 9.18 Å². The standard InChI is InChI=1S/C15H12ClFN2O/c1-10(11-5-7-14(17)8-6-11)18-19-15(20)12-3-2-4-13(16)9-12/h2-9H,1H3,(H,19,20)/b18-10+. The average Bonchev–Trinajstić information content (AvgIpc) is 2.45. The van der Waals surface area contributed by atoms with Gasteiger partial charge in [0, 0.05) is 10.6 Å². The lowest BCUT2D eigenvalue weighted by Crippen LogP contribution is -2.19. The summed E-state index contributed by atoms with van der Waals surface area (Å²) >= 11 is 5.81. The molecule has 1 N–H and O–H groups in total. The number of carbonyl (C=O) groups excluding carboxylic acids is 1. The first-order valence-corrected chi connectivity index (χ1v) is 6.30. The summed E-state index contributed by atoms with van der Waals surface area (Å²) in [5, 5.41) is 4.46. The van der Waals surface area contributed by atoms with E-state index in [0.717, 1.165) is 5.56 Å². The second kappa shape index (κ2) is 6.30. The molecule has 102 valence electrons. The van der Waals surface area contributed by atoms with E-state index in [1.54, 1.807) is 43.3 Å². The van der Waals surface area contributed by atoms with Gasteiger partial charge in [0.2, 0.25) is 0 Å². The molecule has 0 aliphatic carbocycles. The Bertz CT molecular complexity index is 653. The second-order valence-electron chi connectivity index (χ2n) is 4.16. The van der Waals surface area contributed by atoms with Crippen molar-refractivity contribution < 1.29 is 9.18 Å². The topological polar surface area (TPSA) is 41.5 Å². The van der Waals surface area contributed by atoms with Gasteiger partial charge in [0.25, 0.3) is 5.91 Å². The van der Waals surface area contributed by atoms with Crippen molar-refractivity contribution in [1.82, 2.24) is 5.43 Å². The molecule has 0 unspecified atom stereocenters. The van der Waals surface area contributed by atoms with E-state index in [2.05, 4.69) is 10.5 Å². The van der Waals surface area contributed by atoms with E-state index in [-0.39, 0.29) is 11.7 Å². The molecule has 2 aromatic carbocycles. The Hall–Kier alpha value is -2.20. The predicted octanol–water partition coefficient (Wildman–Crippen LogP) is 3.63. The molecule has 5 heteroatoms. The van der Waals surface area contributed by atoms with Gasteiger partial charge in [-0.15, -0.1) is 0 Å². The molecule has 0 atom stereocenters. The van der Waals surface area contributed by atoms with Gasteiger partial charge in [-0.25, -0.2) is 9.82 Å². The van der Waals surface area contributed by atoms with Crippen LogP contribution >= 0.6 is 11.6 Å². The summed E-state index contributed by atoms with van der Waals surface area (Å²) in [6.07, 6.45) is 0. The van der Waals surface area contributed by atoms with Crippen LogP contribution in [0.4, 0.5) is 4.39 Å². The van der Waals surface area contributed by atoms with Crippen LogP contribution in [-0.2, 0) is 0 Å². The molecule has 3 nitrogen and oxygen atoms in total. The Balaban J connectivity index is 2.08. The minimum Gasteiger partial charge on any atom is -0.267 e. The molecule has 0 aliphatic heterocycles. The third-order valence-electron chi connectivity index (χ3n) is 2.67. The maximum absolute atomic E-state index is 12.8. The number of carbonyl (C=O) groups is 1. The quantitative estimate of drug-likeness (QED) is 0.680. The maximum Gasteiger partial charge on any atom is 0.271 e. The summed E-state index contributed by atoms with van der Waals surface area (Å²) in [6.45, 7) is 1.73. The Morgan fingerprint density at radius 2 is 1.85 bits per heavy atom. The molecule has 20 heavy (non-hydrogen) atoms. The molecule has 2 aromatic rings. The number of hydrazone groups is 1. The first kappa shape index (κ1) is 14.2. The van der Waals surface area contributed by atoms with Crippen LogP contribution in [0.5, 0.6) is 0 Å². The van der Waals surface area contributed by atoms with Gasteiger partial charge in [-0.3, -0.25) is 4.79 Å². The molecule has 2 rings (SSSR count). The number of hydrogen-bond donors (Lipinski definition) is 1. The molecule has 0 aromatic heterocycles. The molecule has 1 amide bonds. The smallest absolute Gasteiger partial charge is 0.267 e. The van der Waals surface area contributed by atoms with E-state index in [0.29, 0.717) is 16.3 Å². The average molecular weight is 291 g/mol. The van der Waals surface area contributed by atoms with Crippen LogP contribution in [0.2, 0.25) is 5.02 Å². The second-order valence-corrected chi connectivity index (χ2v) is 4.59. The van der Waals surface area contributed by atoms with Crippen molar-refractivity contribution in [1.29, 1.82) is 0 Å². The zero-order valence-corrected chi connectivity index (χ0v) is 11.5. The number of nitrogens with zero attached hydrogens (tertiary/aromatic N) is 1. The van der Waals surface area contributed by atoms with E-state index in [4.69, 9.17) is 11.6 Å². The lowest BCUT2D eigenvalue weighted by Gasteiger charge is -2.03. The van der Waals surface area contributed by atoms with Crippen molar-refractivity contribution in [3.8, 4) is 0 Å². The molecule has 0 radical (unpaired) electrons. The third kappa shape index (κ3) is 3.65. The molecule has 0 saturated heterocycles. The van der Waals surface area contributed by atoms with Gasteiger partial charge >= 0.3 is 0 Å². The molecule has 0 bridgehead atoms. The molecule has 0 spiro atoms. The number of amides is 1. The van der Waals surface area contributed by atoms with Gasteiger partial charge in [-0.2, -0.15) is 5.10 Å². The maximum atomic E-state index is 12.8. The van der Waals surface area contributed by atoms with Crippen LogP contribution in [0.15, 0.2) is 53.6 Å². The summed E-state index contributed by atoms with van der Waals surface area (Å²) in [5.41, 5.74) is 4.18. The first-order valence-electron chi connectivity index (χ1n) is 5.92. The summed E-state index contributed by atoms with van der Waals surface area (Å²) in [5.74, 6) is -0.668. The third-order valence-corrected chi connectivity index (χ3v) is 2.91. The SMILES string of the molecule is C/C(=N\NC(=O)c1cccc(Cl)c1)c1ccc(F)cc1. The Labute approximate surface area is 121 Å². The van der Waals surface area contributed by atoms with E-state index < -0.39 is 0 Å². The van der Waals surface area contributed by atoms with Crippen molar-refractivity contribution in [2.45, 2.75) is 6.92 Å². The van der Waals surface area contributed by atoms with Crippen molar-refractivity contribution in [2.24, 2.45) is 5.10 Å². The number of hydrogen-bond acceptors (Lipinski definition) is 2. The minimum absolute atomic E-state index is 0.315. The lowest BCUT2D eigenvalue weighted by molar-refractivity contribution is 0.0955. The predicted molar refractivity (Wildman–Crippen MR) is 77.5 cm³/mol. The highest BCUT2D eigenvalue weighted by atomic mass is 35.5. The van der Waals surface area contributed by atoms with Crippen LogP contribution in [0.1, 0.15) is 22.8 Å². The number of nitrogens with one attached hydrogen (secondary N) is 1. The fourth-order valence-electron chi connectivity index (χ4n) is 1.58. The monoisotopic (exact) mass is 290 g/mol. The Morgan fingerprint density at radius 3 is 2.50 bits per heavy atom. The molecule has 0 aliphatic rings. The highest BCUT2D eigenvalue weighted by molar-refractivity contribution is 6.30. The van der Waals surface area contributed by atoms with Crippen LogP contribution < -0.4 is 5.43 Å². The van der Waals surface area contributed by atoms with Crippen molar-refractivity contribution in [2.75, 3.05) is 0 Å². The van der Waals surface area contributed by atoms with Crippen LogP contribution in [0, 0.1) is 5.82 Å². The molecular formula is C15H12ClFN2O. The number of benzene rings is 2. The zero-order valence-electron chi connectivity index (χ0n) is 10.7. The molecular weight excluding hydrogens is 279 g/mol. The summed E-state index contributed by atoms with van der Waals surface area (Å²) in [4.78, 5) is 11.8. The van der Waals surface area contributed by atoms with Crippen LogP contribution in [0.25, 0.3) is 0 Å². The normalized spacial score (nSPS) is 11.2. The molecule has 0 heterocycles. The van der Waals surface area contributed by atoms with E-state index in [1.165, 1.54) is 12.1 Å². The van der Waals surface area contributed by atoms with Gasteiger partial charge in [0.05, 0.1) is 5.71 Å². The largest absolute Gasteiger partial charge is 0.271 e. The fraction of sp³-hybridized carbons (Fsp3) is 0.0667. The van der Waals surface area contributed by atoms with Crippen molar-refractivity contribution >= 4 is 23.2 Å². The van der Waals surface area contributed by atoms with Gasteiger partial charge in [0.15, 0.2) is 0 Å². The number of halogens is 2. The van der Waals surface area contributed by atoms with E-state index >= 15 is 0 Å². The summed E-state index contributed by atoms with van der Waals surface area (Å²) in [6, 6.07) is 12.4. The summed E-state index contributed by atoms with van der Waals surface area (Å²) < 4.78 is 12.8. The summed E-state index contributed by atoms with van der Waals surface area (Å²) in [7, 11) is 0. The van der Waals surface area contributed by atoms with Gasteiger partial charge < -0.3 is 0 Å². The van der Waals surface area contributed by atoms with Crippen LogP contribution in [0.3, 0.4) is 0 Å². The molecule has 0 fully saturated rings. The zero-order chi connectivity index (χ0) is 14.5. The van der Waals surface area contributed by atoms with Gasteiger partial charge in [0.1, 0.15) is 5.82 Å². The minimum atomic E-state index is -0.353. The van der Waals surface area contributed by atoms with E-state index in [1.807, 2.05) is 0 Å².